The predicted molar refractivity (Wildman–Crippen MR) is 56.5 cm³/mol. The van der Waals surface area contributed by atoms with Crippen LogP contribution in [0, 0.1) is 5.41 Å². The molecular formula is C11H21NO. The van der Waals surface area contributed by atoms with E-state index in [-0.39, 0.29) is 17.4 Å². The highest BCUT2D eigenvalue weighted by Crippen LogP contribution is 2.17. The van der Waals surface area contributed by atoms with E-state index in [1.165, 1.54) is 0 Å². The third-order valence-corrected chi connectivity index (χ3v) is 2.04. The fourth-order valence-electron chi connectivity index (χ4n) is 1.12. The first-order chi connectivity index (χ1) is 5.80. The van der Waals surface area contributed by atoms with Gasteiger partial charge in [0.2, 0.25) is 5.91 Å². The largest absolute Gasteiger partial charge is 0.339 e. The average molecular weight is 183 g/mol. The maximum Gasteiger partial charge on any atom is 0.228 e. The standard InChI is InChI=1S/C11H21NO/c1-7-8-9(2)12(6)10(13)11(3,4)5/h7-9H,1-6H3. The highest BCUT2D eigenvalue weighted by atomic mass is 16.2. The van der Waals surface area contributed by atoms with Gasteiger partial charge >= 0.3 is 0 Å². The topological polar surface area (TPSA) is 20.3 Å². The molecule has 0 aromatic heterocycles. The number of hydrogen-bond acceptors (Lipinski definition) is 1. The second-order valence-corrected chi connectivity index (χ2v) is 4.43. The Bertz CT molecular complexity index is 201. The van der Waals surface area contributed by atoms with E-state index in [4.69, 9.17) is 0 Å². The van der Waals surface area contributed by atoms with Gasteiger partial charge in [-0.25, -0.2) is 0 Å². The minimum atomic E-state index is -0.287. The van der Waals surface area contributed by atoms with Crippen molar-refractivity contribution in [2.45, 2.75) is 40.7 Å². The highest BCUT2D eigenvalue weighted by Gasteiger charge is 2.26. The molecule has 76 valence electrons. The van der Waals surface area contributed by atoms with E-state index in [0.29, 0.717) is 0 Å². The fraction of sp³-hybridized carbons (Fsp3) is 0.727. The van der Waals surface area contributed by atoms with E-state index in [0.717, 1.165) is 0 Å². The van der Waals surface area contributed by atoms with Gasteiger partial charge in [-0.05, 0) is 13.8 Å². The summed E-state index contributed by atoms with van der Waals surface area (Å²) in [6.07, 6.45) is 3.99. The molecule has 0 aliphatic carbocycles. The van der Waals surface area contributed by atoms with Gasteiger partial charge in [0.05, 0.1) is 0 Å². The quantitative estimate of drug-likeness (QED) is 0.602. The maximum absolute atomic E-state index is 11.8. The van der Waals surface area contributed by atoms with Crippen LogP contribution >= 0.6 is 0 Å². The summed E-state index contributed by atoms with van der Waals surface area (Å²) in [5, 5.41) is 0. The lowest BCUT2D eigenvalue weighted by molar-refractivity contribution is -0.139. The molecule has 0 bridgehead atoms. The summed E-state index contributed by atoms with van der Waals surface area (Å²) in [7, 11) is 1.85. The number of carbonyl (C=O) groups is 1. The zero-order valence-electron chi connectivity index (χ0n) is 9.59. The van der Waals surface area contributed by atoms with Crippen molar-refractivity contribution in [3.63, 3.8) is 0 Å². The molecule has 2 nitrogen and oxygen atoms in total. The molecule has 0 aromatic carbocycles. The summed E-state index contributed by atoms with van der Waals surface area (Å²) in [4.78, 5) is 13.6. The van der Waals surface area contributed by atoms with Crippen molar-refractivity contribution in [1.82, 2.24) is 4.90 Å². The molecule has 0 heterocycles. The summed E-state index contributed by atoms with van der Waals surface area (Å²) in [6.45, 7) is 9.80. The van der Waals surface area contributed by atoms with E-state index in [1.807, 2.05) is 53.8 Å². The second-order valence-electron chi connectivity index (χ2n) is 4.43. The van der Waals surface area contributed by atoms with E-state index in [1.54, 1.807) is 4.90 Å². The second kappa shape index (κ2) is 4.45. The summed E-state index contributed by atoms with van der Waals surface area (Å²) < 4.78 is 0. The molecule has 0 rings (SSSR count). The predicted octanol–water partition coefficient (Wildman–Crippen LogP) is 2.46. The van der Waals surface area contributed by atoms with Crippen molar-refractivity contribution < 1.29 is 4.79 Å². The minimum absolute atomic E-state index is 0.178. The third-order valence-electron chi connectivity index (χ3n) is 2.04. The molecule has 0 saturated carbocycles. The Balaban J connectivity index is 4.43. The fourth-order valence-corrected chi connectivity index (χ4v) is 1.12. The highest BCUT2D eigenvalue weighted by molar-refractivity contribution is 5.81. The first-order valence-electron chi connectivity index (χ1n) is 4.70. The number of hydrogen-bond donors (Lipinski definition) is 0. The van der Waals surface area contributed by atoms with Gasteiger partial charge in [-0.3, -0.25) is 4.79 Å². The van der Waals surface area contributed by atoms with Gasteiger partial charge in [0.1, 0.15) is 0 Å². The average Bonchev–Trinajstić information content (AvgIpc) is 2.00. The minimum Gasteiger partial charge on any atom is -0.339 e. The smallest absolute Gasteiger partial charge is 0.228 e. The molecule has 0 saturated heterocycles. The maximum atomic E-state index is 11.8. The van der Waals surface area contributed by atoms with Crippen LogP contribution < -0.4 is 0 Å². The molecule has 0 radical (unpaired) electrons. The summed E-state index contributed by atoms with van der Waals surface area (Å²) >= 11 is 0. The Morgan fingerprint density at radius 1 is 1.38 bits per heavy atom. The van der Waals surface area contributed by atoms with Crippen LogP contribution in [0.2, 0.25) is 0 Å². The van der Waals surface area contributed by atoms with Crippen LogP contribution in [0.5, 0.6) is 0 Å². The molecular weight excluding hydrogens is 162 g/mol. The zero-order chi connectivity index (χ0) is 10.6. The van der Waals surface area contributed by atoms with Crippen molar-refractivity contribution in [2.75, 3.05) is 7.05 Å². The van der Waals surface area contributed by atoms with Gasteiger partial charge in [0.25, 0.3) is 0 Å². The Labute approximate surface area is 81.6 Å². The van der Waals surface area contributed by atoms with Gasteiger partial charge in [0, 0.05) is 18.5 Å². The first-order valence-corrected chi connectivity index (χ1v) is 4.70. The number of carbonyl (C=O) groups excluding carboxylic acids is 1. The van der Waals surface area contributed by atoms with Crippen molar-refractivity contribution >= 4 is 5.91 Å². The number of amides is 1. The zero-order valence-corrected chi connectivity index (χ0v) is 9.59. The Morgan fingerprint density at radius 2 is 1.85 bits per heavy atom. The third kappa shape index (κ3) is 3.62. The monoisotopic (exact) mass is 183 g/mol. The van der Waals surface area contributed by atoms with Crippen LogP contribution in [0.1, 0.15) is 34.6 Å². The first kappa shape index (κ1) is 12.2. The summed E-state index contributed by atoms with van der Waals surface area (Å²) in [5.41, 5.74) is -0.287. The van der Waals surface area contributed by atoms with Crippen LogP contribution in [-0.2, 0) is 4.79 Å². The van der Waals surface area contributed by atoms with E-state index >= 15 is 0 Å². The lowest BCUT2D eigenvalue weighted by Gasteiger charge is -2.29. The number of rotatable bonds is 2. The Morgan fingerprint density at radius 3 is 2.15 bits per heavy atom. The normalized spacial score (nSPS) is 14.6. The van der Waals surface area contributed by atoms with Crippen molar-refractivity contribution in [1.29, 1.82) is 0 Å². The van der Waals surface area contributed by atoms with Gasteiger partial charge in [-0.1, -0.05) is 32.9 Å². The molecule has 13 heavy (non-hydrogen) atoms. The number of nitrogens with zero attached hydrogens (tertiary/aromatic N) is 1. The van der Waals surface area contributed by atoms with Gasteiger partial charge in [-0.2, -0.15) is 0 Å². The van der Waals surface area contributed by atoms with Gasteiger partial charge in [-0.15, -0.1) is 0 Å². The Kier molecular flexibility index (Phi) is 4.18. The molecule has 0 fully saturated rings. The van der Waals surface area contributed by atoms with Crippen molar-refractivity contribution in [3.8, 4) is 0 Å². The van der Waals surface area contributed by atoms with Crippen LogP contribution in [0.3, 0.4) is 0 Å². The molecule has 2 heteroatoms. The molecule has 0 N–H and O–H groups in total. The lowest BCUT2D eigenvalue weighted by atomic mass is 9.94. The molecule has 0 aliphatic heterocycles. The molecule has 1 amide bonds. The molecule has 0 aromatic rings. The lowest BCUT2D eigenvalue weighted by Crippen LogP contribution is -2.41. The number of allylic oxidation sites excluding steroid dienone is 1. The van der Waals surface area contributed by atoms with Gasteiger partial charge in [0.15, 0.2) is 0 Å². The van der Waals surface area contributed by atoms with Crippen LogP contribution in [-0.4, -0.2) is 23.9 Å². The molecule has 1 unspecified atom stereocenters. The van der Waals surface area contributed by atoms with Crippen LogP contribution in [0.25, 0.3) is 0 Å². The molecule has 0 aliphatic rings. The molecule has 1 atom stereocenters. The van der Waals surface area contributed by atoms with E-state index in [2.05, 4.69) is 0 Å². The van der Waals surface area contributed by atoms with Crippen molar-refractivity contribution in [2.24, 2.45) is 5.41 Å². The number of likely N-dealkylation sites (N-methyl/N-ethyl adjacent to an activating group) is 1. The summed E-state index contributed by atoms with van der Waals surface area (Å²) in [6, 6.07) is 0.178. The Hall–Kier alpha value is -0.790. The molecule has 0 spiro atoms. The summed E-state index contributed by atoms with van der Waals surface area (Å²) in [5.74, 6) is 0.179. The van der Waals surface area contributed by atoms with Crippen LogP contribution in [0.15, 0.2) is 12.2 Å². The van der Waals surface area contributed by atoms with Gasteiger partial charge < -0.3 is 4.90 Å². The van der Waals surface area contributed by atoms with Crippen molar-refractivity contribution in [3.05, 3.63) is 12.2 Å². The van der Waals surface area contributed by atoms with E-state index < -0.39 is 0 Å². The van der Waals surface area contributed by atoms with E-state index in [9.17, 15) is 4.79 Å². The SMILES string of the molecule is CC=CC(C)N(C)C(=O)C(C)(C)C. The van der Waals surface area contributed by atoms with Crippen LogP contribution in [0.4, 0.5) is 0 Å².